The predicted octanol–water partition coefficient (Wildman–Crippen LogP) is 0.276. The van der Waals surface area contributed by atoms with E-state index in [1.165, 1.54) is 4.57 Å². The summed E-state index contributed by atoms with van der Waals surface area (Å²) in [6.45, 7) is 1.72. The summed E-state index contributed by atoms with van der Waals surface area (Å²) >= 11 is 0. The van der Waals surface area contributed by atoms with Crippen molar-refractivity contribution in [3.05, 3.63) is 28.2 Å². The molecule has 1 heterocycles. The van der Waals surface area contributed by atoms with Crippen molar-refractivity contribution in [2.24, 2.45) is 7.05 Å². The molecule has 0 saturated carbocycles. The van der Waals surface area contributed by atoms with E-state index in [4.69, 9.17) is 5.73 Å². The van der Waals surface area contributed by atoms with Gasteiger partial charge in [-0.1, -0.05) is 0 Å². The fourth-order valence-electron chi connectivity index (χ4n) is 0.773. The van der Waals surface area contributed by atoms with Crippen LogP contribution in [0.25, 0.3) is 0 Å². The third-order valence-corrected chi connectivity index (χ3v) is 1.55. The van der Waals surface area contributed by atoms with E-state index in [0.717, 1.165) is 0 Å². The number of hydrogen-bond donors (Lipinski definition) is 1. The Morgan fingerprint density at radius 2 is 2.20 bits per heavy atom. The van der Waals surface area contributed by atoms with E-state index >= 15 is 0 Å². The summed E-state index contributed by atoms with van der Waals surface area (Å²) in [6, 6.07) is 1.72. The number of pyridine rings is 1. The smallest absolute Gasteiger partial charge is 0.255 e. The van der Waals surface area contributed by atoms with Gasteiger partial charge in [0.1, 0.15) is 0 Å². The molecule has 0 saturated heterocycles. The molecule has 0 bridgehead atoms. The van der Waals surface area contributed by atoms with Crippen LogP contribution in [0.4, 0.5) is 5.69 Å². The molecule has 1 rings (SSSR count). The van der Waals surface area contributed by atoms with Gasteiger partial charge in [-0.15, -0.1) is 0 Å². The van der Waals surface area contributed by atoms with Gasteiger partial charge in [0, 0.05) is 24.5 Å². The Bertz CT molecular complexity index is 301. The Balaban J connectivity index is 3.50. The van der Waals surface area contributed by atoms with E-state index < -0.39 is 0 Å². The number of nitrogens with zero attached hydrogens (tertiary/aromatic N) is 1. The number of nitrogens with two attached hydrogens (primary N) is 1. The first-order chi connectivity index (χ1) is 4.63. The van der Waals surface area contributed by atoms with Gasteiger partial charge in [0.15, 0.2) is 0 Å². The third kappa shape index (κ3) is 0.900. The lowest BCUT2D eigenvalue weighted by molar-refractivity contribution is 0.850. The van der Waals surface area contributed by atoms with Crippen LogP contribution in [0.15, 0.2) is 17.1 Å². The number of anilines is 1. The van der Waals surface area contributed by atoms with Crippen LogP contribution in [0.3, 0.4) is 0 Å². The number of hydrogen-bond acceptors (Lipinski definition) is 2. The first-order valence-corrected chi connectivity index (χ1v) is 3.04. The molecule has 0 spiro atoms. The predicted molar refractivity (Wildman–Crippen MR) is 40.8 cm³/mol. The zero-order chi connectivity index (χ0) is 7.72. The maximum absolute atomic E-state index is 11.1. The lowest BCUT2D eigenvalue weighted by Crippen LogP contribution is -2.19. The Kier molecular flexibility index (Phi) is 1.49. The number of aromatic nitrogens is 1. The van der Waals surface area contributed by atoms with Crippen molar-refractivity contribution in [3.8, 4) is 0 Å². The minimum atomic E-state index is -0.0278. The van der Waals surface area contributed by atoms with Gasteiger partial charge in [0.05, 0.1) is 0 Å². The van der Waals surface area contributed by atoms with Gasteiger partial charge in [0.25, 0.3) is 5.56 Å². The van der Waals surface area contributed by atoms with Crippen molar-refractivity contribution in [2.75, 3.05) is 5.73 Å². The standard InChI is InChI=1S/C7H10N2O/c1-5-6(8)3-4-9(2)7(5)10/h3-4H,8H2,1-2H3. The molecule has 2 N–H and O–H groups in total. The Labute approximate surface area is 59.1 Å². The van der Waals surface area contributed by atoms with E-state index in [0.29, 0.717) is 11.3 Å². The molecule has 0 atom stereocenters. The molecule has 0 fully saturated rings. The number of rotatable bonds is 0. The molecule has 54 valence electrons. The van der Waals surface area contributed by atoms with Gasteiger partial charge in [-0.05, 0) is 13.0 Å². The van der Waals surface area contributed by atoms with Crippen molar-refractivity contribution in [2.45, 2.75) is 6.92 Å². The number of nitrogen functional groups attached to an aromatic ring is 1. The summed E-state index contributed by atoms with van der Waals surface area (Å²) in [6.07, 6.45) is 1.66. The highest BCUT2D eigenvalue weighted by Crippen LogP contribution is 2.01. The quantitative estimate of drug-likeness (QED) is 0.559. The Hall–Kier alpha value is -1.25. The van der Waals surface area contributed by atoms with Crippen LogP contribution in [-0.4, -0.2) is 4.57 Å². The summed E-state index contributed by atoms with van der Waals surface area (Å²) in [5.74, 6) is 0. The molecular weight excluding hydrogens is 128 g/mol. The normalized spacial score (nSPS) is 9.80. The largest absolute Gasteiger partial charge is 0.398 e. The van der Waals surface area contributed by atoms with Gasteiger partial charge in [-0.25, -0.2) is 0 Å². The molecule has 3 nitrogen and oxygen atoms in total. The van der Waals surface area contributed by atoms with Gasteiger partial charge >= 0.3 is 0 Å². The maximum atomic E-state index is 11.1. The lowest BCUT2D eigenvalue weighted by atomic mass is 10.2. The van der Waals surface area contributed by atoms with Crippen molar-refractivity contribution in [1.29, 1.82) is 0 Å². The van der Waals surface area contributed by atoms with Gasteiger partial charge in [-0.2, -0.15) is 0 Å². The SMILES string of the molecule is Cc1c(N)ccn(C)c1=O. The summed E-state index contributed by atoms with van der Waals surface area (Å²) in [5.41, 5.74) is 6.62. The van der Waals surface area contributed by atoms with Crippen molar-refractivity contribution in [3.63, 3.8) is 0 Å². The minimum Gasteiger partial charge on any atom is -0.398 e. The first kappa shape index (κ1) is 6.86. The Morgan fingerprint density at radius 1 is 1.60 bits per heavy atom. The highest BCUT2D eigenvalue weighted by molar-refractivity contribution is 5.43. The first-order valence-electron chi connectivity index (χ1n) is 3.04. The highest BCUT2D eigenvalue weighted by Gasteiger charge is 1.97. The summed E-state index contributed by atoms with van der Waals surface area (Å²) < 4.78 is 1.51. The van der Waals surface area contributed by atoms with Crippen LogP contribution < -0.4 is 11.3 Å². The van der Waals surface area contributed by atoms with Crippen molar-refractivity contribution < 1.29 is 0 Å². The topological polar surface area (TPSA) is 48.0 Å². The average Bonchev–Trinajstić information content (AvgIpc) is 1.93. The van der Waals surface area contributed by atoms with E-state index in [9.17, 15) is 4.79 Å². The third-order valence-electron chi connectivity index (χ3n) is 1.55. The molecule has 0 aliphatic heterocycles. The molecule has 1 aromatic rings. The van der Waals surface area contributed by atoms with Crippen LogP contribution in [0.1, 0.15) is 5.56 Å². The molecule has 0 amide bonds. The maximum Gasteiger partial charge on any atom is 0.255 e. The van der Waals surface area contributed by atoms with Crippen molar-refractivity contribution in [1.82, 2.24) is 4.57 Å². The molecule has 0 unspecified atom stereocenters. The fraction of sp³-hybridized carbons (Fsp3) is 0.286. The summed E-state index contributed by atoms with van der Waals surface area (Å²) in [4.78, 5) is 11.1. The zero-order valence-corrected chi connectivity index (χ0v) is 6.09. The second-order valence-electron chi connectivity index (χ2n) is 2.31. The van der Waals surface area contributed by atoms with Crippen LogP contribution in [0, 0.1) is 6.92 Å². The van der Waals surface area contributed by atoms with Crippen molar-refractivity contribution >= 4 is 5.69 Å². The molecule has 1 aromatic heterocycles. The highest BCUT2D eigenvalue weighted by atomic mass is 16.1. The van der Waals surface area contributed by atoms with Crippen LogP contribution >= 0.6 is 0 Å². The van der Waals surface area contributed by atoms with E-state index in [-0.39, 0.29) is 5.56 Å². The molecule has 0 aromatic carbocycles. The minimum absolute atomic E-state index is 0.0278. The molecular formula is C7H10N2O. The van der Waals surface area contributed by atoms with E-state index in [2.05, 4.69) is 0 Å². The molecule has 0 aliphatic rings. The zero-order valence-electron chi connectivity index (χ0n) is 6.09. The molecule has 0 radical (unpaired) electrons. The fourth-order valence-corrected chi connectivity index (χ4v) is 0.773. The number of aryl methyl sites for hydroxylation is 1. The van der Waals surface area contributed by atoms with Crippen LogP contribution in [0.5, 0.6) is 0 Å². The monoisotopic (exact) mass is 138 g/mol. The van der Waals surface area contributed by atoms with Gasteiger partial charge < -0.3 is 10.3 Å². The second kappa shape index (κ2) is 2.17. The summed E-state index contributed by atoms with van der Waals surface area (Å²) in [5, 5.41) is 0. The molecule has 0 aliphatic carbocycles. The van der Waals surface area contributed by atoms with Crippen LogP contribution in [0.2, 0.25) is 0 Å². The van der Waals surface area contributed by atoms with Gasteiger partial charge in [-0.3, -0.25) is 4.79 Å². The Morgan fingerprint density at radius 3 is 2.70 bits per heavy atom. The van der Waals surface area contributed by atoms with Crippen LogP contribution in [-0.2, 0) is 7.05 Å². The van der Waals surface area contributed by atoms with E-state index in [1.54, 1.807) is 26.2 Å². The lowest BCUT2D eigenvalue weighted by Gasteiger charge is -2.00. The van der Waals surface area contributed by atoms with E-state index in [1.807, 2.05) is 0 Å². The average molecular weight is 138 g/mol. The second-order valence-corrected chi connectivity index (χ2v) is 2.31. The molecule has 10 heavy (non-hydrogen) atoms. The van der Waals surface area contributed by atoms with Gasteiger partial charge in [0.2, 0.25) is 0 Å². The molecule has 3 heteroatoms. The summed E-state index contributed by atoms with van der Waals surface area (Å²) in [7, 11) is 1.70.